The molecule has 0 saturated heterocycles. The molecule has 2 heterocycles. The molecule has 5 heteroatoms. The van der Waals surface area contributed by atoms with Crippen LogP contribution in [0.15, 0.2) is 60.9 Å². The van der Waals surface area contributed by atoms with Crippen LogP contribution in [0.2, 0.25) is 0 Å². The summed E-state index contributed by atoms with van der Waals surface area (Å²) in [5.41, 5.74) is 2.20. The summed E-state index contributed by atoms with van der Waals surface area (Å²) >= 11 is 0. The highest BCUT2D eigenvalue weighted by atomic mass is 15.3. The molecule has 2 aromatic heterocycles. The number of aromatic nitrogens is 4. The minimum atomic E-state index is 0.621. The van der Waals surface area contributed by atoms with E-state index < -0.39 is 0 Å². The minimum absolute atomic E-state index is 0.621. The predicted molar refractivity (Wildman–Crippen MR) is 92.0 cm³/mol. The molecule has 0 saturated carbocycles. The lowest BCUT2D eigenvalue weighted by atomic mass is 10.2. The summed E-state index contributed by atoms with van der Waals surface area (Å²) in [7, 11) is 0. The second kappa shape index (κ2) is 5.68. The molecule has 4 aromatic rings. The van der Waals surface area contributed by atoms with Gasteiger partial charge in [0, 0.05) is 17.6 Å². The Bertz CT molecular complexity index is 945. The van der Waals surface area contributed by atoms with Crippen LogP contribution in [0.25, 0.3) is 16.7 Å². The molecule has 0 aliphatic carbocycles. The lowest BCUT2D eigenvalue weighted by Crippen LogP contribution is -2.20. The van der Waals surface area contributed by atoms with E-state index in [0.29, 0.717) is 5.78 Å². The van der Waals surface area contributed by atoms with Gasteiger partial charge in [0.05, 0.1) is 5.52 Å². The number of fused-ring (bicyclic) bond motifs is 3. The monoisotopic (exact) mass is 303 g/mol. The maximum absolute atomic E-state index is 4.77. The van der Waals surface area contributed by atoms with E-state index in [9.17, 15) is 0 Å². The molecule has 5 nitrogen and oxygen atoms in total. The van der Waals surface area contributed by atoms with Gasteiger partial charge in [-0.25, -0.2) is 0 Å². The molecule has 0 fully saturated rings. The molecule has 114 valence electrons. The highest BCUT2D eigenvalue weighted by Crippen LogP contribution is 2.31. The Morgan fingerprint density at radius 3 is 2.61 bits per heavy atom. The second-order valence-corrected chi connectivity index (χ2v) is 5.44. The van der Waals surface area contributed by atoms with E-state index in [2.05, 4.69) is 58.4 Å². The SMILES string of the molecule is CCCN(c1ccccc1)c1nc2nncn2c2ccccc12. The Balaban J connectivity index is 2.01. The summed E-state index contributed by atoms with van der Waals surface area (Å²) in [5, 5.41) is 9.24. The Morgan fingerprint density at radius 2 is 1.78 bits per heavy atom. The van der Waals surface area contributed by atoms with Crippen molar-refractivity contribution in [1.29, 1.82) is 0 Å². The van der Waals surface area contributed by atoms with Gasteiger partial charge < -0.3 is 4.90 Å². The predicted octanol–water partition coefficient (Wildman–Crippen LogP) is 3.83. The number of nitrogens with zero attached hydrogens (tertiary/aromatic N) is 5. The quantitative estimate of drug-likeness (QED) is 0.575. The molecule has 0 aliphatic heterocycles. The van der Waals surface area contributed by atoms with Crippen molar-refractivity contribution in [3.8, 4) is 0 Å². The molecule has 4 rings (SSSR count). The zero-order chi connectivity index (χ0) is 15.6. The molecule has 0 aliphatic rings. The molecule has 0 atom stereocenters. The Hall–Kier alpha value is -2.95. The fourth-order valence-electron chi connectivity index (χ4n) is 2.90. The molecular weight excluding hydrogens is 286 g/mol. The minimum Gasteiger partial charge on any atom is -0.326 e. The average Bonchev–Trinajstić information content (AvgIpc) is 3.09. The summed E-state index contributed by atoms with van der Waals surface area (Å²) < 4.78 is 1.92. The van der Waals surface area contributed by atoms with E-state index in [1.165, 1.54) is 0 Å². The van der Waals surface area contributed by atoms with E-state index in [1.54, 1.807) is 6.33 Å². The van der Waals surface area contributed by atoms with Crippen LogP contribution in [-0.2, 0) is 0 Å². The topological polar surface area (TPSA) is 46.3 Å². The van der Waals surface area contributed by atoms with E-state index in [-0.39, 0.29) is 0 Å². The molecule has 0 amide bonds. The van der Waals surface area contributed by atoms with Crippen LogP contribution in [0.1, 0.15) is 13.3 Å². The van der Waals surface area contributed by atoms with E-state index in [0.717, 1.165) is 35.4 Å². The third-order valence-corrected chi connectivity index (χ3v) is 3.91. The number of para-hydroxylation sites is 2. The molecule has 23 heavy (non-hydrogen) atoms. The standard InChI is InChI=1S/C18H17N5/c1-2-12-22(14-8-4-3-5-9-14)17-15-10-6-7-11-16(15)23-13-19-21-18(23)20-17/h3-11,13H,2,12H2,1H3. The van der Waals surface area contributed by atoms with Gasteiger partial charge in [-0.05, 0) is 30.7 Å². The van der Waals surface area contributed by atoms with Gasteiger partial charge in [-0.15, -0.1) is 10.2 Å². The third kappa shape index (κ3) is 2.30. The van der Waals surface area contributed by atoms with Crippen LogP contribution < -0.4 is 4.90 Å². The van der Waals surface area contributed by atoms with Crippen molar-refractivity contribution in [2.75, 3.05) is 11.4 Å². The highest BCUT2D eigenvalue weighted by molar-refractivity contribution is 5.93. The van der Waals surface area contributed by atoms with E-state index >= 15 is 0 Å². The van der Waals surface area contributed by atoms with Crippen LogP contribution >= 0.6 is 0 Å². The molecule has 0 spiro atoms. The molecule has 2 aromatic carbocycles. The van der Waals surface area contributed by atoms with Crippen molar-refractivity contribution in [2.24, 2.45) is 0 Å². The Kier molecular flexibility index (Phi) is 3.38. The van der Waals surface area contributed by atoms with Gasteiger partial charge >= 0.3 is 0 Å². The fourth-order valence-corrected chi connectivity index (χ4v) is 2.90. The molecule has 0 N–H and O–H groups in total. The summed E-state index contributed by atoms with van der Waals surface area (Å²) in [6, 6.07) is 18.6. The maximum atomic E-state index is 4.77. The van der Waals surface area contributed by atoms with Gasteiger partial charge in [0.15, 0.2) is 0 Å². The first-order chi connectivity index (χ1) is 11.4. The number of rotatable bonds is 4. The zero-order valence-corrected chi connectivity index (χ0v) is 12.9. The van der Waals surface area contributed by atoms with Gasteiger partial charge in [0.2, 0.25) is 0 Å². The molecular formula is C18H17N5. The first-order valence-electron chi connectivity index (χ1n) is 7.79. The van der Waals surface area contributed by atoms with Crippen LogP contribution in [0.4, 0.5) is 11.5 Å². The van der Waals surface area contributed by atoms with Crippen LogP contribution in [0, 0.1) is 0 Å². The summed E-state index contributed by atoms with van der Waals surface area (Å²) in [6.07, 6.45) is 2.74. The maximum Gasteiger partial charge on any atom is 0.257 e. The summed E-state index contributed by atoms with van der Waals surface area (Å²) in [6.45, 7) is 3.07. The Labute approximate surface area is 134 Å². The van der Waals surface area contributed by atoms with Crippen molar-refractivity contribution in [1.82, 2.24) is 19.6 Å². The highest BCUT2D eigenvalue weighted by Gasteiger charge is 2.16. The molecule has 0 radical (unpaired) electrons. The number of hydrogen-bond acceptors (Lipinski definition) is 4. The lowest BCUT2D eigenvalue weighted by Gasteiger charge is -2.24. The molecule has 0 unspecified atom stereocenters. The first-order valence-corrected chi connectivity index (χ1v) is 7.79. The van der Waals surface area contributed by atoms with Crippen molar-refractivity contribution in [3.63, 3.8) is 0 Å². The van der Waals surface area contributed by atoms with Crippen LogP contribution in [-0.4, -0.2) is 26.1 Å². The summed E-state index contributed by atoms with van der Waals surface area (Å²) in [5.74, 6) is 1.55. The van der Waals surface area contributed by atoms with Crippen molar-refractivity contribution in [2.45, 2.75) is 13.3 Å². The Morgan fingerprint density at radius 1 is 1.00 bits per heavy atom. The van der Waals surface area contributed by atoms with Gasteiger partial charge in [0.1, 0.15) is 12.1 Å². The van der Waals surface area contributed by atoms with Gasteiger partial charge in [0.25, 0.3) is 5.78 Å². The van der Waals surface area contributed by atoms with Crippen LogP contribution in [0.5, 0.6) is 0 Å². The third-order valence-electron chi connectivity index (χ3n) is 3.91. The van der Waals surface area contributed by atoms with E-state index in [1.807, 2.05) is 22.6 Å². The average molecular weight is 303 g/mol. The van der Waals surface area contributed by atoms with Gasteiger partial charge in [-0.1, -0.05) is 37.3 Å². The normalized spacial score (nSPS) is 11.2. The van der Waals surface area contributed by atoms with Crippen molar-refractivity contribution >= 4 is 28.2 Å². The number of anilines is 2. The number of hydrogen-bond donors (Lipinski definition) is 0. The van der Waals surface area contributed by atoms with E-state index in [4.69, 9.17) is 4.98 Å². The van der Waals surface area contributed by atoms with Gasteiger partial charge in [-0.2, -0.15) is 4.98 Å². The van der Waals surface area contributed by atoms with Crippen LogP contribution in [0.3, 0.4) is 0 Å². The molecule has 0 bridgehead atoms. The lowest BCUT2D eigenvalue weighted by molar-refractivity contribution is 0.874. The zero-order valence-electron chi connectivity index (χ0n) is 12.9. The smallest absolute Gasteiger partial charge is 0.257 e. The largest absolute Gasteiger partial charge is 0.326 e. The fraction of sp³-hybridized carbons (Fsp3) is 0.167. The van der Waals surface area contributed by atoms with Crippen molar-refractivity contribution in [3.05, 3.63) is 60.9 Å². The van der Waals surface area contributed by atoms with Gasteiger partial charge in [-0.3, -0.25) is 4.40 Å². The number of benzene rings is 2. The first kappa shape index (κ1) is 13.7. The van der Waals surface area contributed by atoms with Crippen molar-refractivity contribution < 1.29 is 0 Å². The summed E-state index contributed by atoms with van der Waals surface area (Å²) in [4.78, 5) is 7.02. The second-order valence-electron chi connectivity index (χ2n) is 5.44.